The van der Waals surface area contributed by atoms with Crippen LogP contribution in [0.25, 0.3) is 10.9 Å². The molecule has 1 N–H and O–H groups in total. The molecule has 0 aliphatic carbocycles. The first-order chi connectivity index (χ1) is 13.2. The van der Waals surface area contributed by atoms with Crippen molar-refractivity contribution in [1.82, 2.24) is 9.99 Å². The first kappa shape index (κ1) is 18.5. The highest BCUT2D eigenvalue weighted by Gasteiger charge is 2.07. The summed E-state index contributed by atoms with van der Waals surface area (Å²) in [6.07, 6.45) is 6.35. The fraction of sp³-hybridized carbons (Fsp3) is 0.182. The van der Waals surface area contributed by atoms with Crippen LogP contribution in [0.15, 0.2) is 72.5 Å². The van der Waals surface area contributed by atoms with E-state index in [1.807, 2.05) is 48.7 Å². The van der Waals surface area contributed by atoms with Gasteiger partial charge in [-0.15, -0.1) is 6.58 Å². The van der Waals surface area contributed by atoms with Crippen LogP contribution in [0.1, 0.15) is 18.1 Å². The Labute approximate surface area is 159 Å². The summed E-state index contributed by atoms with van der Waals surface area (Å²) in [6.45, 7) is 6.49. The highest BCUT2D eigenvalue weighted by Crippen LogP contribution is 2.21. The number of amides is 1. The van der Waals surface area contributed by atoms with Crippen molar-refractivity contribution in [2.75, 3.05) is 6.61 Å². The first-order valence-electron chi connectivity index (χ1n) is 8.88. The molecular formula is C22H23N3O2. The van der Waals surface area contributed by atoms with E-state index in [1.165, 1.54) is 6.92 Å². The molecule has 0 saturated heterocycles. The number of allylic oxidation sites excluding steroid dienone is 1. The Kier molecular flexibility index (Phi) is 6.05. The number of hydrogen-bond acceptors (Lipinski definition) is 3. The molecule has 2 aromatic carbocycles. The second-order valence-electron chi connectivity index (χ2n) is 6.17. The standard InChI is InChI=1S/C22H23N3O2/c1-3-8-18-9-4-7-12-22(18)27-14-13-25-16-19(15-23-24-17(2)26)20-10-5-6-11-21(20)25/h3-7,9-12,15-16H,1,8,13-14H2,2H3,(H,24,26)/b23-15-. The number of hydrogen-bond donors (Lipinski definition) is 1. The van der Waals surface area contributed by atoms with Gasteiger partial charge in [0.2, 0.25) is 5.91 Å². The third kappa shape index (κ3) is 4.64. The molecule has 138 valence electrons. The van der Waals surface area contributed by atoms with E-state index in [0.717, 1.165) is 34.2 Å². The third-order valence-corrected chi connectivity index (χ3v) is 4.17. The van der Waals surface area contributed by atoms with Crippen LogP contribution < -0.4 is 10.2 Å². The van der Waals surface area contributed by atoms with Crippen LogP contribution in [-0.2, 0) is 17.8 Å². The number of rotatable bonds is 8. The van der Waals surface area contributed by atoms with Gasteiger partial charge in [-0.1, -0.05) is 42.5 Å². The maximum atomic E-state index is 11.0. The number of carbonyl (C=O) groups is 1. The molecule has 5 nitrogen and oxygen atoms in total. The van der Waals surface area contributed by atoms with Crippen LogP contribution in [0.5, 0.6) is 5.75 Å². The van der Waals surface area contributed by atoms with Crippen molar-refractivity contribution in [2.24, 2.45) is 5.10 Å². The molecule has 1 heterocycles. The third-order valence-electron chi connectivity index (χ3n) is 4.17. The summed E-state index contributed by atoms with van der Waals surface area (Å²) in [4.78, 5) is 11.0. The Hall–Kier alpha value is -3.34. The van der Waals surface area contributed by atoms with Crippen LogP contribution in [0.3, 0.4) is 0 Å². The Morgan fingerprint density at radius 1 is 1.22 bits per heavy atom. The normalized spacial score (nSPS) is 11.0. The summed E-state index contributed by atoms with van der Waals surface area (Å²) in [5.74, 6) is 0.697. The highest BCUT2D eigenvalue weighted by molar-refractivity contribution is 5.99. The molecule has 0 unspecified atom stereocenters. The van der Waals surface area contributed by atoms with Crippen molar-refractivity contribution in [3.05, 3.63) is 78.5 Å². The van der Waals surface area contributed by atoms with Gasteiger partial charge in [0.25, 0.3) is 0 Å². The van der Waals surface area contributed by atoms with Gasteiger partial charge in [-0.2, -0.15) is 5.10 Å². The summed E-state index contributed by atoms with van der Waals surface area (Å²) < 4.78 is 8.14. The molecule has 0 aliphatic heterocycles. The zero-order valence-corrected chi connectivity index (χ0v) is 15.4. The van der Waals surface area contributed by atoms with Gasteiger partial charge in [-0.3, -0.25) is 4.79 Å². The average molecular weight is 361 g/mol. The lowest BCUT2D eigenvalue weighted by Crippen LogP contribution is -2.12. The predicted molar refractivity (Wildman–Crippen MR) is 109 cm³/mol. The van der Waals surface area contributed by atoms with Gasteiger partial charge in [0, 0.05) is 29.6 Å². The monoisotopic (exact) mass is 361 g/mol. The van der Waals surface area contributed by atoms with Gasteiger partial charge in [-0.05, 0) is 24.1 Å². The Morgan fingerprint density at radius 3 is 2.81 bits per heavy atom. The number of carbonyl (C=O) groups excluding carboxylic acids is 1. The second kappa shape index (κ2) is 8.85. The maximum absolute atomic E-state index is 11.0. The number of para-hydroxylation sites is 2. The number of ether oxygens (including phenoxy) is 1. The van der Waals surface area contributed by atoms with Crippen LogP contribution in [0.4, 0.5) is 0 Å². The number of hydrazone groups is 1. The molecule has 3 aromatic rings. The molecule has 3 rings (SSSR count). The van der Waals surface area contributed by atoms with Gasteiger partial charge in [0.05, 0.1) is 12.8 Å². The van der Waals surface area contributed by atoms with Gasteiger partial charge in [0.15, 0.2) is 0 Å². The molecule has 0 spiro atoms. The minimum atomic E-state index is -0.193. The molecule has 0 aliphatic rings. The number of nitrogens with one attached hydrogen (secondary N) is 1. The van der Waals surface area contributed by atoms with Gasteiger partial charge < -0.3 is 9.30 Å². The van der Waals surface area contributed by atoms with Crippen molar-refractivity contribution in [3.8, 4) is 5.75 Å². The van der Waals surface area contributed by atoms with Crippen molar-refractivity contribution in [3.63, 3.8) is 0 Å². The molecule has 0 fully saturated rings. The van der Waals surface area contributed by atoms with Crippen molar-refractivity contribution < 1.29 is 9.53 Å². The SMILES string of the molecule is C=CCc1ccccc1OCCn1cc(/C=N\NC(C)=O)c2ccccc21. The van der Waals surface area contributed by atoms with E-state index in [1.54, 1.807) is 6.21 Å². The smallest absolute Gasteiger partial charge is 0.236 e. The van der Waals surface area contributed by atoms with E-state index in [-0.39, 0.29) is 5.91 Å². The summed E-state index contributed by atoms with van der Waals surface area (Å²) >= 11 is 0. The molecule has 1 amide bonds. The second-order valence-corrected chi connectivity index (χ2v) is 6.17. The summed E-state index contributed by atoms with van der Waals surface area (Å²) in [5.41, 5.74) is 5.62. The molecular weight excluding hydrogens is 338 g/mol. The molecule has 27 heavy (non-hydrogen) atoms. The van der Waals surface area contributed by atoms with E-state index >= 15 is 0 Å². The molecule has 0 radical (unpaired) electrons. The van der Waals surface area contributed by atoms with E-state index in [4.69, 9.17) is 4.74 Å². The Morgan fingerprint density at radius 2 is 2.00 bits per heavy atom. The van der Waals surface area contributed by atoms with E-state index in [0.29, 0.717) is 13.2 Å². The van der Waals surface area contributed by atoms with E-state index < -0.39 is 0 Å². The van der Waals surface area contributed by atoms with Crippen molar-refractivity contribution in [2.45, 2.75) is 19.9 Å². The van der Waals surface area contributed by atoms with Crippen LogP contribution in [0, 0.1) is 0 Å². The largest absolute Gasteiger partial charge is 0.491 e. The topological polar surface area (TPSA) is 55.6 Å². The lowest BCUT2D eigenvalue weighted by molar-refractivity contribution is -0.118. The number of aromatic nitrogens is 1. The van der Waals surface area contributed by atoms with Gasteiger partial charge in [0.1, 0.15) is 12.4 Å². The number of fused-ring (bicyclic) bond motifs is 1. The maximum Gasteiger partial charge on any atom is 0.236 e. The van der Waals surface area contributed by atoms with Crippen LogP contribution in [0.2, 0.25) is 0 Å². The average Bonchev–Trinajstić information content (AvgIpc) is 3.01. The number of benzene rings is 2. The zero-order chi connectivity index (χ0) is 19.1. The summed E-state index contributed by atoms with van der Waals surface area (Å²) in [7, 11) is 0. The van der Waals surface area contributed by atoms with E-state index in [2.05, 4.69) is 33.8 Å². The molecule has 5 heteroatoms. The Balaban J connectivity index is 1.75. The molecule has 0 atom stereocenters. The van der Waals surface area contributed by atoms with Crippen LogP contribution in [-0.4, -0.2) is 23.3 Å². The molecule has 1 aromatic heterocycles. The molecule has 0 saturated carbocycles. The predicted octanol–water partition coefficient (Wildman–Crippen LogP) is 3.92. The zero-order valence-electron chi connectivity index (χ0n) is 15.4. The summed E-state index contributed by atoms with van der Waals surface area (Å²) in [6, 6.07) is 16.1. The fourth-order valence-corrected chi connectivity index (χ4v) is 2.98. The first-order valence-corrected chi connectivity index (χ1v) is 8.88. The highest BCUT2D eigenvalue weighted by atomic mass is 16.5. The minimum Gasteiger partial charge on any atom is -0.491 e. The van der Waals surface area contributed by atoms with Crippen molar-refractivity contribution >= 4 is 23.0 Å². The lowest BCUT2D eigenvalue weighted by Gasteiger charge is -2.11. The quantitative estimate of drug-likeness (QED) is 0.376. The fourth-order valence-electron chi connectivity index (χ4n) is 2.98. The summed E-state index contributed by atoms with van der Waals surface area (Å²) in [5, 5.41) is 5.07. The molecule has 0 bridgehead atoms. The van der Waals surface area contributed by atoms with Crippen molar-refractivity contribution in [1.29, 1.82) is 0 Å². The lowest BCUT2D eigenvalue weighted by atomic mass is 10.1. The van der Waals surface area contributed by atoms with E-state index in [9.17, 15) is 4.79 Å². The van der Waals surface area contributed by atoms with Crippen LogP contribution >= 0.6 is 0 Å². The minimum absolute atomic E-state index is 0.193. The number of nitrogens with zero attached hydrogens (tertiary/aromatic N) is 2. The van der Waals surface area contributed by atoms with Gasteiger partial charge in [-0.25, -0.2) is 5.43 Å². The Bertz CT molecular complexity index is 973. The van der Waals surface area contributed by atoms with Gasteiger partial charge >= 0.3 is 0 Å².